The molecule has 158 valence electrons. The molecule has 1 unspecified atom stereocenters. The van der Waals surface area contributed by atoms with E-state index in [1.54, 1.807) is 21.3 Å². The molecule has 1 aliphatic heterocycles. The lowest BCUT2D eigenvalue weighted by Crippen LogP contribution is -2.47. The summed E-state index contributed by atoms with van der Waals surface area (Å²) in [6.07, 6.45) is 1.22. The average Bonchev–Trinajstić information content (AvgIpc) is 3.50. The van der Waals surface area contributed by atoms with Gasteiger partial charge in [0.05, 0.1) is 13.2 Å². The number of rotatable bonds is 15. The first-order valence-electron chi connectivity index (χ1n) is 8.73. The summed E-state index contributed by atoms with van der Waals surface area (Å²) in [5, 5.41) is 0. The van der Waals surface area contributed by atoms with Gasteiger partial charge in [-0.05, 0) is 20.3 Å². The molecule has 1 fully saturated rings. The van der Waals surface area contributed by atoms with Gasteiger partial charge in [0.1, 0.15) is 6.10 Å². The molecule has 0 aliphatic carbocycles. The Morgan fingerprint density at radius 3 is 1.69 bits per heavy atom. The lowest BCUT2D eigenvalue weighted by molar-refractivity contribution is -0.00276. The molecule has 11 heteroatoms. The Morgan fingerprint density at radius 2 is 1.35 bits per heavy atom. The fourth-order valence-electron chi connectivity index (χ4n) is 2.04. The van der Waals surface area contributed by atoms with Gasteiger partial charge in [-0.2, -0.15) is 0 Å². The summed E-state index contributed by atoms with van der Waals surface area (Å²) >= 11 is 0. The third-order valence-electron chi connectivity index (χ3n) is 3.55. The largest absolute Gasteiger partial charge is 0.679 e. The fraction of sp³-hybridized carbons (Fsp3) is 1.00. The molecule has 0 saturated carbocycles. The van der Waals surface area contributed by atoms with Crippen LogP contribution in [0.15, 0.2) is 0 Å². The maximum absolute atomic E-state index is 5.42. The van der Waals surface area contributed by atoms with Crippen molar-refractivity contribution in [2.75, 3.05) is 68.6 Å². The summed E-state index contributed by atoms with van der Waals surface area (Å²) in [4.78, 5) is 0. The minimum absolute atomic E-state index is 0.333. The Hall–Kier alpha value is 0.0738. The molecule has 1 aliphatic rings. The van der Waals surface area contributed by atoms with Gasteiger partial charge in [0, 0.05) is 61.4 Å². The Bertz CT molecular complexity index is 308. The van der Waals surface area contributed by atoms with E-state index in [0.717, 1.165) is 19.1 Å². The molecular formula is C15H36O9Si2. The number of ether oxygens (including phenoxy) is 2. The van der Waals surface area contributed by atoms with E-state index in [1.807, 2.05) is 13.8 Å². The standard InChI is InChI=1S/C9H20O5Si.C6H16O4Si/c1-10-15(11-2,12-3)6-4-5-13-7-9-8-14-9;1-5-9-11(7-3,8-4)10-6-2/h9H,4-8H2,1-3H3;5-6H2,1-4H3. The molecular weight excluding hydrogens is 380 g/mol. The van der Waals surface area contributed by atoms with Gasteiger partial charge < -0.3 is 40.5 Å². The molecule has 1 rings (SSSR count). The van der Waals surface area contributed by atoms with Crippen LogP contribution in [0.3, 0.4) is 0 Å². The zero-order valence-electron chi connectivity index (χ0n) is 17.2. The smallest absolute Gasteiger partial charge is 0.379 e. The van der Waals surface area contributed by atoms with Crippen LogP contribution in [0.1, 0.15) is 20.3 Å². The minimum atomic E-state index is -2.74. The molecule has 9 nitrogen and oxygen atoms in total. The van der Waals surface area contributed by atoms with Gasteiger partial charge in [-0.1, -0.05) is 0 Å². The van der Waals surface area contributed by atoms with Crippen molar-refractivity contribution in [1.82, 2.24) is 0 Å². The molecule has 1 atom stereocenters. The summed E-state index contributed by atoms with van der Waals surface area (Å²) in [5.74, 6) is 0. The number of epoxide rings is 1. The van der Waals surface area contributed by atoms with Gasteiger partial charge >= 0.3 is 17.9 Å². The molecule has 0 aromatic carbocycles. The molecule has 0 amide bonds. The van der Waals surface area contributed by atoms with E-state index in [2.05, 4.69) is 0 Å². The van der Waals surface area contributed by atoms with Crippen LogP contribution in [0.2, 0.25) is 6.04 Å². The molecule has 0 aromatic rings. The third-order valence-corrected chi connectivity index (χ3v) is 8.67. The molecule has 0 bridgehead atoms. The van der Waals surface area contributed by atoms with Crippen LogP contribution >= 0.6 is 0 Å². The summed E-state index contributed by atoms with van der Waals surface area (Å²) in [6, 6.07) is 0.780. The van der Waals surface area contributed by atoms with Crippen LogP contribution < -0.4 is 0 Å². The second kappa shape index (κ2) is 15.0. The first-order chi connectivity index (χ1) is 12.5. The van der Waals surface area contributed by atoms with Crippen LogP contribution in [-0.2, 0) is 40.5 Å². The highest BCUT2D eigenvalue weighted by atomic mass is 28.4. The number of hydrogen-bond donors (Lipinski definition) is 0. The van der Waals surface area contributed by atoms with E-state index in [-0.39, 0.29) is 0 Å². The summed E-state index contributed by atoms with van der Waals surface area (Å²) in [5.41, 5.74) is 0. The van der Waals surface area contributed by atoms with Crippen molar-refractivity contribution in [2.24, 2.45) is 0 Å². The third kappa shape index (κ3) is 10.4. The van der Waals surface area contributed by atoms with Gasteiger partial charge in [0.25, 0.3) is 0 Å². The van der Waals surface area contributed by atoms with E-state index in [9.17, 15) is 0 Å². The van der Waals surface area contributed by atoms with Gasteiger partial charge in [0.15, 0.2) is 0 Å². The molecule has 0 radical (unpaired) electrons. The van der Waals surface area contributed by atoms with Gasteiger partial charge in [-0.3, -0.25) is 0 Å². The maximum Gasteiger partial charge on any atom is 0.679 e. The monoisotopic (exact) mass is 416 g/mol. The Balaban J connectivity index is 0.000000508. The second-order valence-electron chi connectivity index (χ2n) is 5.20. The van der Waals surface area contributed by atoms with E-state index in [1.165, 1.54) is 14.2 Å². The predicted molar refractivity (Wildman–Crippen MR) is 99.8 cm³/mol. The van der Waals surface area contributed by atoms with E-state index >= 15 is 0 Å². The first kappa shape index (κ1) is 26.1. The highest BCUT2D eigenvalue weighted by molar-refractivity contribution is 6.60. The van der Waals surface area contributed by atoms with Crippen molar-refractivity contribution in [3.8, 4) is 0 Å². The molecule has 0 spiro atoms. The molecule has 26 heavy (non-hydrogen) atoms. The molecule has 0 N–H and O–H groups in total. The average molecular weight is 417 g/mol. The SMILES string of the molecule is CCO[Si](OC)(OC)OCC.CO[Si](CCCOCC1CO1)(OC)OC. The Labute approximate surface area is 159 Å². The van der Waals surface area contributed by atoms with Crippen molar-refractivity contribution in [1.29, 1.82) is 0 Å². The molecule has 1 heterocycles. The van der Waals surface area contributed by atoms with Crippen molar-refractivity contribution >= 4 is 17.9 Å². The zero-order chi connectivity index (χ0) is 19.9. The molecule has 0 aromatic heterocycles. The number of hydrogen-bond acceptors (Lipinski definition) is 9. The fourth-order valence-corrected chi connectivity index (χ4v) is 5.16. The van der Waals surface area contributed by atoms with Gasteiger partial charge in [0.2, 0.25) is 0 Å². The predicted octanol–water partition coefficient (Wildman–Crippen LogP) is 1.46. The summed E-state index contributed by atoms with van der Waals surface area (Å²) < 4.78 is 46.9. The quantitative estimate of drug-likeness (QED) is 0.224. The van der Waals surface area contributed by atoms with E-state index < -0.39 is 17.9 Å². The van der Waals surface area contributed by atoms with Crippen molar-refractivity contribution in [3.63, 3.8) is 0 Å². The van der Waals surface area contributed by atoms with Gasteiger partial charge in [-0.15, -0.1) is 0 Å². The van der Waals surface area contributed by atoms with Crippen LogP contribution in [0.5, 0.6) is 0 Å². The van der Waals surface area contributed by atoms with E-state index in [4.69, 9.17) is 40.5 Å². The zero-order valence-corrected chi connectivity index (χ0v) is 19.2. The normalized spacial score (nSPS) is 17.0. The lowest BCUT2D eigenvalue weighted by Gasteiger charge is -2.24. The van der Waals surface area contributed by atoms with Gasteiger partial charge in [-0.25, -0.2) is 0 Å². The van der Waals surface area contributed by atoms with Crippen molar-refractivity contribution in [2.45, 2.75) is 32.4 Å². The van der Waals surface area contributed by atoms with Crippen molar-refractivity contribution in [3.05, 3.63) is 0 Å². The first-order valence-corrected chi connectivity index (χ1v) is 12.3. The van der Waals surface area contributed by atoms with Crippen LogP contribution in [0.4, 0.5) is 0 Å². The topological polar surface area (TPSA) is 86.4 Å². The van der Waals surface area contributed by atoms with Crippen molar-refractivity contribution < 1.29 is 40.5 Å². The lowest BCUT2D eigenvalue weighted by atomic mass is 10.5. The Morgan fingerprint density at radius 1 is 0.846 bits per heavy atom. The second-order valence-corrected chi connectivity index (χ2v) is 10.7. The van der Waals surface area contributed by atoms with Crippen LogP contribution in [-0.4, -0.2) is 92.5 Å². The summed E-state index contributed by atoms with van der Waals surface area (Å²) in [7, 11) is 2.79. The summed E-state index contributed by atoms with van der Waals surface area (Å²) in [6.45, 7) is 7.05. The molecule has 1 saturated heterocycles. The van der Waals surface area contributed by atoms with Crippen LogP contribution in [0.25, 0.3) is 0 Å². The highest BCUT2D eigenvalue weighted by Gasteiger charge is 2.42. The minimum Gasteiger partial charge on any atom is -0.379 e. The Kier molecular flexibility index (Phi) is 15.1. The van der Waals surface area contributed by atoms with Crippen LogP contribution in [0, 0.1) is 0 Å². The highest BCUT2D eigenvalue weighted by Crippen LogP contribution is 2.15. The van der Waals surface area contributed by atoms with E-state index in [0.29, 0.717) is 32.5 Å². The maximum atomic E-state index is 5.42.